The number of pyridine rings is 1. The summed E-state index contributed by atoms with van der Waals surface area (Å²) in [5.74, 6) is 5.75. The first-order valence-corrected chi connectivity index (χ1v) is 12.2. The molecule has 1 amide bonds. The number of halogens is 1. The summed E-state index contributed by atoms with van der Waals surface area (Å²) in [6.45, 7) is 1.80. The number of anilines is 1. The molecule has 5 rings (SSSR count). The van der Waals surface area contributed by atoms with Crippen molar-refractivity contribution in [3.05, 3.63) is 105 Å². The van der Waals surface area contributed by atoms with Gasteiger partial charge in [-0.1, -0.05) is 53.8 Å². The number of aromatic nitrogens is 5. The van der Waals surface area contributed by atoms with Gasteiger partial charge < -0.3 is 11.1 Å². The molecule has 0 saturated carbocycles. The van der Waals surface area contributed by atoms with Gasteiger partial charge in [0.2, 0.25) is 0 Å². The van der Waals surface area contributed by atoms with Gasteiger partial charge in [0.1, 0.15) is 10.7 Å². The number of nitrogens with zero attached hydrogens (tertiary/aromatic N) is 5. The van der Waals surface area contributed by atoms with Gasteiger partial charge in [-0.25, -0.2) is 0 Å². The normalized spacial score (nSPS) is 11.7. The van der Waals surface area contributed by atoms with Crippen molar-refractivity contribution in [2.75, 3.05) is 5.73 Å². The molecule has 0 spiro atoms. The number of carbonyl (C=O) groups excluding carboxylic acids is 1. The summed E-state index contributed by atoms with van der Waals surface area (Å²) in [6, 6.07) is 16.1. The van der Waals surface area contributed by atoms with Crippen LogP contribution >= 0.6 is 11.6 Å². The number of nitrogens with one attached hydrogen (secondary N) is 1. The zero-order valence-corrected chi connectivity index (χ0v) is 21.7. The molecule has 9 nitrogen and oxygen atoms in total. The molecule has 3 N–H and O–H groups in total. The van der Waals surface area contributed by atoms with Gasteiger partial charge in [0.05, 0.1) is 23.2 Å². The number of nitrogen functional groups attached to an aromatic ring is 1. The van der Waals surface area contributed by atoms with Gasteiger partial charge in [0.25, 0.3) is 11.5 Å². The summed E-state index contributed by atoms with van der Waals surface area (Å²) < 4.78 is 4.60. The zero-order valence-electron chi connectivity index (χ0n) is 20.9. The van der Waals surface area contributed by atoms with Gasteiger partial charge in [0, 0.05) is 37.2 Å². The maximum absolute atomic E-state index is 14.1. The summed E-state index contributed by atoms with van der Waals surface area (Å²) in [7, 11) is 3.42. The number of amides is 1. The minimum atomic E-state index is -0.583. The lowest BCUT2D eigenvalue weighted by Crippen LogP contribution is -2.32. The number of hydrogen-bond acceptors (Lipinski definition) is 5. The highest BCUT2D eigenvalue weighted by Gasteiger charge is 2.24. The predicted molar refractivity (Wildman–Crippen MR) is 147 cm³/mol. The van der Waals surface area contributed by atoms with Crippen LogP contribution in [0.25, 0.3) is 16.5 Å². The van der Waals surface area contributed by atoms with Crippen molar-refractivity contribution < 1.29 is 4.79 Å². The number of rotatable bonds is 4. The molecule has 5 aromatic rings. The van der Waals surface area contributed by atoms with Crippen LogP contribution < -0.4 is 16.6 Å². The highest BCUT2D eigenvalue weighted by atomic mass is 35.5. The van der Waals surface area contributed by atoms with E-state index in [0.29, 0.717) is 27.7 Å². The van der Waals surface area contributed by atoms with Crippen molar-refractivity contribution in [1.29, 1.82) is 0 Å². The van der Waals surface area contributed by atoms with Crippen molar-refractivity contribution in [1.82, 2.24) is 29.4 Å². The standard InChI is InChI=1S/C28H24ClN7O2/c1-17(32-27(37)24-25(29)35(3)33-26(24)30)22-14-20-9-7-8-19(13-12-18-15-31-34(2)16-18)23(20)28(38)36(22)21-10-5-4-6-11-21/h4-11,14-17H,1-3H3,(H2,30,33)(H,32,37). The molecular weight excluding hydrogens is 502 g/mol. The second-order valence-electron chi connectivity index (χ2n) is 8.84. The smallest absolute Gasteiger partial charge is 0.264 e. The minimum absolute atomic E-state index is 0.0259. The fourth-order valence-electron chi connectivity index (χ4n) is 4.35. The van der Waals surface area contributed by atoms with E-state index in [-0.39, 0.29) is 22.1 Å². The van der Waals surface area contributed by atoms with Crippen LogP contribution in [-0.2, 0) is 14.1 Å². The molecule has 0 aliphatic carbocycles. The number of benzene rings is 2. The quantitative estimate of drug-likeness (QED) is 0.348. The number of fused-ring (bicyclic) bond motifs is 1. The van der Waals surface area contributed by atoms with Crippen LogP contribution in [0, 0.1) is 11.8 Å². The summed E-state index contributed by atoms with van der Waals surface area (Å²) >= 11 is 6.25. The first kappa shape index (κ1) is 24.9. The Bertz CT molecular complexity index is 1810. The predicted octanol–water partition coefficient (Wildman–Crippen LogP) is 3.58. The van der Waals surface area contributed by atoms with Gasteiger partial charge in [-0.2, -0.15) is 10.2 Å². The Balaban J connectivity index is 1.65. The molecule has 0 radical (unpaired) electrons. The number of para-hydroxylation sites is 1. The first-order valence-electron chi connectivity index (χ1n) is 11.8. The van der Waals surface area contributed by atoms with Crippen LogP contribution in [0.1, 0.15) is 40.1 Å². The third kappa shape index (κ3) is 4.53. The zero-order chi connectivity index (χ0) is 27.0. The molecule has 0 fully saturated rings. The van der Waals surface area contributed by atoms with E-state index in [2.05, 4.69) is 27.4 Å². The number of nitrogens with two attached hydrogens (primary N) is 1. The minimum Gasteiger partial charge on any atom is -0.382 e. The Morgan fingerprint density at radius 2 is 1.87 bits per heavy atom. The van der Waals surface area contributed by atoms with Gasteiger partial charge in [0.15, 0.2) is 5.82 Å². The Labute approximate surface area is 223 Å². The Morgan fingerprint density at radius 3 is 2.53 bits per heavy atom. The number of carbonyl (C=O) groups is 1. The van der Waals surface area contributed by atoms with Crippen molar-refractivity contribution in [3.63, 3.8) is 0 Å². The molecule has 10 heteroatoms. The van der Waals surface area contributed by atoms with E-state index in [1.807, 2.05) is 67.8 Å². The molecule has 0 saturated heterocycles. The SMILES string of the molecule is CC(NC(=O)c1c(N)nn(C)c1Cl)c1cc2cccc(C#Cc3cnn(C)c3)c2c(=O)n1-c1ccccc1. The molecule has 1 atom stereocenters. The maximum atomic E-state index is 14.1. The molecule has 3 heterocycles. The van der Waals surface area contributed by atoms with Gasteiger partial charge in [-0.3, -0.25) is 23.5 Å². The van der Waals surface area contributed by atoms with Crippen LogP contribution in [0.15, 0.2) is 71.8 Å². The maximum Gasteiger partial charge on any atom is 0.264 e. The summed E-state index contributed by atoms with van der Waals surface area (Å²) in [4.78, 5) is 27.2. The van der Waals surface area contributed by atoms with Crippen LogP contribution in [0.3, 0.4) is 0 Å². The van der Waals surface area contributed by atoms with Gasteiger partial charge >= 0.3 is 0 Å². The fraction of sp³-hybridized carbons (Fsp3) is 0.143. The topological polar surface area (TPSA) is 113 Å². The van der Waals surface area contributed by atoms with Crippen LogP contribution in [-0.4, -0.2) is 30.0 Å². The van der Waals surface area contributed by atoms with E-state index in [9.17, 15) is 9.59 Å². The molecule has 0 bridgehead atoms. The van der Waals surface area contributed by atoms with E-state index in [1.165, 1.54) is 4.68 Å². The average Bonchev–Trinajstić information content (AvgIpc) is 3.43. The summed E-state index contributed by atoms with van der Waals surface area (Å²) in [6.07, 6.45) is 3.48. The molecule has 190 valence electrons. The summed E-state index contributed by atoms with van der Waals surface area (Å²) in [5, 5.41) is 12.4. The lowest BCUT2D eigenvalue weighted by atomic mass is 10.0. The molecule has 1 unspecified atom stereocenters. The molecule has 2 aromatic carbocycles. The van der Waals surface area contributed by atoms with Crippen molar-refractivity contribution in [2.24, 2.45) is 14.1 Å². The lowest BCUT2D eigenvalue weighted by molar-refractivity contribution is 0.0939. The Hall–Kier alpha value is -4.81. The van der Waals surface area contributed by atoms with Crippen molar-refractivity contribution >= 4 is 34.1 Å². The van der Waals surface area contributed by atoms with E-state index < -0.39 is 11.9 Å². The average molecular weight is 526 g/mol. The molecular formula is C28H24ClN7O2. The van der Waals surface area contributed by atoms with E-state index in [0.717, 1.165) is 5.56 Å². The lowest BCUT2D eigenvalue weighted by Gasteiger charge is -2.21. The monoisotopic (exact) mass is 525 g/mol. The van der Waals surface area contributed by atoms with Gasteiger partial charge in [-0.05, 0) is 36.6 Å². The molecule has 0 aliphatic rings. The largest absolute Gasteiger partial charge is 0.382 e. The molecule has 0 aliphatic heterocycles. The highest BCUT2D eigenvalue weighted by Crippen LogP contribution is 2.25. The van der Waals surface area contributed by atoms with Crippen molar-refractivity contribution in [3.8, 4) is 17.5 Å². The number of aryl methyl sites for hydroxylation is 2. The Kier molecular flexibility index (Phi) is 6.49. The van der Waals surface area contributed by atoms with E-state index in [4.69, 9.17) is 17.3 Å². The highest BCUT2D eigenvalue weighted by molar-refractivity contribution is 6.33. The second-order valence-corrected chi connectivity index (χ2v) is 9.20. The third-order valence-corrected chi connectivity index (χ3v) is 6.59. The van der Waals surface area contributed by atoms with Crippen LogP contribution in [0.4, 0.5) is 5.82 Å². The van der Waals surface area contributed by atoms with Crippen LogP contribution in [0.5, 0.6) is 0 Å². The Morgan fingerprint density at radius 1 is 1.11 bits per heavy atom. The first-order chi connectivity index (χ1) is 18.2. The number of hydrogen-bond donors (Lipinski definition) is 2. The molecule has 38 heavy (non-hydrogen) atoms. The van der Waals surface area contributed by atoms with E-state index >= 15 is 0 Å². The van der Waals surface area contributed by atoms with Crippen molar-refractivity contribution in [2.45, 2.75) is 13.0 Å². The second kappa shape index (κ2) is 9.92. The van der Waals surface area contributed by atoms with E-state index in [1.54, 1.807) is 29.4 Å². The molecule has 3 aromatic heterocycles. The summed E-state index contributed by atoms with van der Waals surface area (Å²) in [5.41, 5.74) is 8.33. The third-order valence-electron chi connectivity index (χ3n) is 6.16. The van der Waals surface area contributed by atoms with Gasteiger partial charge in [-0.15, -0.1) is 0 Å². The fourth-order valence-corrected chi connectivity index (χ4v) is 4.57. The van der Waals surface area contributed by atoms with Crippen LogP contribution in [0.2, 0.25) is 5.15 Å².